The van der Waals surface area contributed by atoms with Crippen molar-refractivity contribution in [2.24, 2.45) is 5.41 Å². The molecule has 6 nitrogen and oxygen atoms in total. The van der Waals surface area contributed by atoms with Crippen LogP contribution in [0, 0.1) is 5.41 Å². The highest BCUT2D eigenvalue weighted by Gasteiger charge is 2.43. The predicted molar refractivity (Wildman–Crippen MR) is 96.0 cm³/mol. The smallest absolute Gasteiger partial charge is 0.330 e. The molecule has 0 saturated carbocycles. The van der Waals surface area contributed by atoms with Crippen molar-refractivity contribution in [2.75, 3.05) is 13.2 Å². The van der Waals surface area contributed by atoms with Crippen LogP contribution in [0.1, 0.15) is 31.9 Å². The number of hydrogen-bond acceptors (Lipinski definition) is 6. The molecule has 0 amide bonds. The summed E-state index contributed by atoms with van der Waals surface area (Å²) >= 11 is 0. The van der Waals surface area contributed by atoms with E-state index in [1.165, 1.54) is 6.92 Å². The number of benzene rings is 1. The number of esters is 3. The number of rotatable bonds is 10. The molecule has 0 bridgehead atoms. The predicted octanol–water partition coefficient (Wildman–Crippen LogP) is 3.15. The topological polar surface area (TPSA) is 78.9 Å². The zero-order chi connectivity index (χ0) is 19.6. The minimum Gasteiger partial charge on any atom is -0.462 e. The van der Waals surface area contributed by atoms with Crippen molar-refractivity contribution in [1.82, 2.24) is 0 Å². The van der Waals surface area contributed by atoms with Crippen molar-refractivity contribution in [3.8, 4) is 0 Å². The summed E-state index contributed by atoms with van der Waals surface area (Å²) in [5.41, 5.74) is -0.265. The van der Waals surface area contributed by atoms with Gasteiger partial charge in [0.25, 0.3) is 0 Å². The van der Waals surface area contributed by atoms with E-state index in [-0.39, 0.29) is 13.2 Å². The highest BCUT2D eigenvalue weighted by Crippen LogP contribution is 2.41. The Kier molecular flexibility index (Phi) is 8.28. The lowest BCUT2D eigenvalue weighted by atomic mass is 9.77. The molecule has 0 heterocycles. The highest BCUT2D eigenvalue weighted by atomic mass is 16.6. The molecule has 0 radical (unpaired) electrons. The molecule has 0 spiro atoms. The maximum absolute atomic E-state index is 11.7. The quantitative estimate of drug-likeness (QED) is 0.362. The van der Waals surface area contributed by atoms with Crippen LogP contribution in [0.3, 0.4) is 0 Å². The van der Waals surface area contributed by atoms with Crippen molar-refractivity contribution >= 4 is 17.9 Å². The minimum atomic E-state index is -0.968. The third kappa shape index (κ3) is 5.88. The molecule has 1 aromatic rings. The number of carbonyl (C=O) groups is 3. The summed E-state index contributed by atoms with van der Waals surface area (Å²) < 4.78 is 16.0. The SMILES string of the molecule is C=CC(=O)OCC(CC)(COC(=O)C=C)C(OC(C)=O)c1ccccc1. The molecule has 0 aromatic heterocycles. The Morgan fingerprint density at radius 1 is 1.04 bits per heavy atom. The Bertz CT molecular complexity index is 626. The lowest BCUT2D eigenvalue weighted by Gasteiger charge is -2.38. The average Bonchev–Trinajstić information content (AvgIpc) is 2.66. The van der Waals surface area contributed by atoms with Crippen LogP contribution in [-0.2, 0) is 28.6 Å². The van der Waals surface area contributed by atoms with Crippen molar-refractivity contribution in [2.45, 2.75) is 26.4 Å². The molecule has 0 aliphatic rings. The van der Waals surface area contributed by atoms with Crippen LogP contribution in [0.5, 0.6) is 0 Å². The molecule has 1 rings (SSSR count). The van der Waals surface area contributed by atoms with Gasteiger partial charge in [-0.3, -0.25) is 4.79 Å². The molecule has 0 fully saturated rings. The molecule has 0 N–H and O–H groups in total. The third-order valence-corrected chi connectivity index (χ3v) is 3.98. The van der Waals surface area contributed by atoms with Crippen LogP contribution in [0.25, 0.3) is 0 Å². The summed E-state index contributed by atoms with van der Waals surface area (Å²) in [4.78, 5) is 34.9. The van der Waals surface area contributed by atoms with Crippen LogP contribution in [0.2, 0.25) is 0 Å². The minimum absolute atomic E-state index is 0.119. The Balaban J connectivity index is 3.30. The maximum atomic E-state index is 11.7. The van der Waals surface area contributed by atoms with E-state index in [1.807, 2.05) is 13.0 Å². The molecule has 26 heavy (non-hydrogen) atoms. The molecule has 0 aliphatic carbocycles. The second-order valence-electron chi connectivity index (χ2n) is 5.74. The highest BCUT2D eigenvalue weighted by molar-refractivity contribution is 5.81. The van der Waals surface area contributed by atoms with Gasteiger partial charge in [-0.15, -0.1) is 0 Å². The monoisotopic (exact) mass is 360 g/mol. The van der Waals surface area contributed by atoms with E-state index >= 15 is 0 Å². The average molecular weight is 360 g/mol. The Morgan fingerprint density at radius 3 is 1.92 bits per heavy atom. The van der Waals surface area contributed by atoms with Gasteiger partial charge in [-0.2, -0.15) is 0 Å². The van der Waals surface area contributed by atoms with Gasteiger partial charge in [-0.05, 0) is 12.0 Å². The molecular weight excluding hydrogens is 336 g/mol. The summed E-state index contributed by atoms with van der Waals surface area (Å²) in [7, 11) is 0. The normalized spacial score (nSPS) is 11.8. The standard InChI is InChI=1S/C20H24O6/c1-5-17(22)24-13-20(7-3,14-25-18(23)6-2)19(26-15(4)21)16-11-9-8-10-12-16/h5-6,8-12,19H,1-2,7,13-14H2,3-4H3. The van der Waals surface area contributed by atoms with E-state index in [9.17, 15) is 14.4 Å². The van der Waals surface area contributed by atoms with Crippen LogP contribution >= 0.6 is 0 Å². The first-order valence-corrected chi connectivity index (χ1v) is 8.19. The lowest BCUT2D eigenvalue weighted by molar-refractivity contribution is -0.170. The fourth-order valence-corrected chi connectivity index (χ4v) is 2.47. The molecule has 0 saturated heterocycles. The van der Waals surface area contributed by atoms with Crippen molar-refractivity contribution in [3.05, 3.63) is 61.2 Å². The van der Waals surface area contributed by atoms with E-state index in [1.54, 1.807) is 24.3 Å². The molecular formula is C20H24O6. The number of carbonyl (C=O) groups excluding carboxylic acids is 3. The summed E-state index contributed by atoms with van der Waals surface area (Å²) in [6, 6.07) is 9.03. The Hall–Kier alpha value is -2.89. The third-order valence-electron chi connectivity index (χ3n) is 3.98. The summed E-state index contributed by atoms with van der Waals surface area (Å²) in [5, 5.41) is 0. The van der Waals surface area contributed by atoms with E-state index in [0.717, 1.165) is 12.2 Å². The van der Waals surface area contributed by atoms with Crippen LogP contribution in [0.15, 0.2) is 55.6 Å². The molecule has 0 aliphatic heterocycles. The number of ether oxygens (including phenoxy) is 3. The van der Waals surface area contributed by atoms with Gasteiger partial charge < -0.3 is 14.2 Å². The molecule has 6 heteroatoms. The van der Waals surface area contributed by atoms with Crippen molar-refractivity contribution in [1.29, 1.82) is 0 Å². The summed E-state index contributed by atoms with van der Waals surface area (Å²) in [5.74, 6) is -1.73. The van der Waals surface area contributed by atoms with Gasteiger partial charge in [-0.25, -0.2) is 9.59 Å². The zero-order valence-electron chi connectivity index (χ0n) is 15.1. The van der Waals surface area contributed by atoms with Gasteiger partial charge in [0.1, 0.15) is 19.3 Å². The first-order valence-electron chi connectivity index (χ1n) is 8.19. The van der Waals surface area contributed by atoms with Gasteiger partial charge in [0.2, 0.25) is 0 Å². The number of hydrogen-bond donors (Lipinski definition) is 0. The van der Waals surface area contributed by atoms with Crippen molar-refractivity contribution in [3.63, 3.8) is 0 Å². The fourth-order valence-electron chi connectivity index (χ4n) is 2.47. The Labute approximate surface area is 153 Å². The molecule has 1 atom stereocenters. The molecule has 1 unspecified atom stereocenters. The van der Waals surface area contributed by atoms with E-state index in [4.69, 9.17) is 14.2 Å². The lowest BCUT2D eigenvalue weighted by Crippen LogP contribution is -2.41. The molecule has 1 aromatic carbocycles. The van der Waals surface area contributed by atoms with Gasteiger partial charge >= 0.3 is 17.9 Å². The second-order valence-corrected chi connectivity index (χ2v) is 5.74. The van der Waals surface area contributed by atoms with Gasteiger partial charge in [0.15, 0.2) is 0 Å². The van der Waals surface area contributed by atoms with Crippen molar-refractivity contribution < 1.29 is 28.6 Å². The first kappa shape index (κ1) is 21.2. The largest absolute Gasteiger partial charge is 0.462 e. The van der Waals surface area contributed by atoms with Crippen LogP contribution in [-0.4, -0.2) is 31.1 Å². The van der Waals surface area contributed by atoms with E-state index in [0.29, 0.717) is 12.0 Å². The molecule has 140 valence electrons. The summed E-state index contributed by atoms with van der Waals surface area (Å²) in [6.45, 7) is 9.63. The summed E-state index contributed by atoms with van der Waals surface area (Å²) in [6.07, 6.45) is 1.72. The van der Waals surface area contributed by atoms with Crippen LogP contribution < -0.4 is 0 Å². The fraction of sp³-hybridized carbons (Fsp3) is 0.350. The van der Waals surface area contributed by atoms with Gasteiger partial charge in [0.05, 0.1) is 5.41 Å². The Morgan fingerprint density at radius 2 is 1.54 bits per heavy atom. The maximum Gasteiger partial charge on any atom is 0.330 e. The van der Waals surface area contributed by atoms with Gasteiger partial charge in [0, 0.05) is 19.1 Å². The van der Waals surface area contributed by atoms with Gasteiger partial charge in [-0.1, -0.05) is 50.4 Å². The first-order chi connectivity index (χ1) is 12.4. The zero-order valence-corrected chi connectivity index (χ0v) is 15.1. The van der Waals surface area contributed by atoms with E-state index < -0.39 is 29.4 Å². The van der Waals surface area contributed by atoms with E-state index in [2.05, 4.69) is 13.2 Å². The second kappa shape index (κ2) is 10.2. The van der Waals surface area contributed by atoms with Crippen LogP contribution in [0.4, 0.5) is 0 Å².